The molecule has 0 aliphatic rings. The average molecular weight is 176 g/mol. The predicted octanol–water partition coefficient (Wildman–Crippen LogP) is 0.846. The van der Waals surface area contributed by atoms with E-state index in [-0.39, 0.29) is 0 Å². The molecule has 0 radical (unpaired) electrons. The van der Waals surface area contributed by atoms with Gasteiger partial charge in [0.05, 0.1) is 11.3 Å². The number of hydrogen-bond acceptors (Lipinski definition) is 3. The first-order valence-corrected chi connectivity index (χ1v) is 3.92. The number of nitrogens with zero attached hydrogens (tertiary/aromatic N) is 4. The first kappa shape index (κ1) is 9.33. The molecule has 0 fully saturated rings. The van der Waals surface area contributed by atoms with Gasteiger partial charge in [0.1, 0.15) is 6.07 Å². The van der Waals surface area contributed by atoms with Gasteiger partial charge in [0.25, 0.3) is 0 Å². The van der Waals surface area contributed by atoms with Crippen molar-refractivity contribution in [3.05, 3.63) is 24.2 Å². The average Bonchev–Trinajstić information content (AvgIpc) is 2.47. The number of hydrogen-bond donors (Lipinski definition) is 0. The molecule has 0 unspecified atom stereocenters. The number of aryl methyl sites for hydroxylation is 1. The predicted molar refractivity (Wildman–Crippen MR) is 50.5 cm³/mol. The fourth-order valence-corrected chi connectivity index (χ4v) is 1.05. The molecule has 4 heteroatoms. The van der Waals surface area contributed by atoms with Gasteiger partial charge in [-0.2, -0.15) is 10.4 Å². The fourth-order valence-electron chi connectivity index (χ4n) is 1.05. The number of aromatic nitrogens is 2. The highest BCUT2D eigenvalue weighted by atomic mass is 15.3. The molecule has 0 bridgehead atoms. The molecule has 0 N–H and O–H groups in total. The molecule has 0 amide bonds. The van der Waals surface area contributed by atoms with Crippen LogP contribution in [-0.2, 0) is 7.05 Å². The molecule has 4 nitrogen and oxygen atoms in total. The maximum absolute atomic E-state index is 8.89. The van der Waals surface area contributed by atoms with E-state index in [1.807, 2.05) is 32.1 Å². The van der Waals surface area contributed by atoms with Crippen molar-refractivity contribution in [2.45, 2.75) is 0 Å². The molecule has 68 valence electrons. The first-order chi connectivity index (χ1) is 6.15. The second kappa shape index (κ2) is 3.76. The van der Waals surface area contributed by atoms with Gasteiger partial charge in [0, 0.05) is 33.5 Å². The summed E-state index contributed by atoms with van der Waals surface area (Å²) in [4.78, 5) is 1.84. The van der Waals surface area contributed by atoms with E-state index in [0.29, 0.717) is 5.57 Å². The summed E-state index contributed by atoms with van der Waals surface area (Å²) in [7, 11) is 5.58. The smallest absolute Gasteiger partial charge is 0.103 e. The van der Waals surface area contributed by atoms with Gasteiger partial charge in [-0.3, -0.25) is 4.68 Å². The molecule has 0 aliphatic carbocycles. The monoisotopic (exact) mass is 176 g/mol. The van der Waals surface area contributed by atoms with Crippen LogP contribution >= 0.6 is 0 Å². The topological polar surface area (TPSA) is 44.9 Å². The van der Waals surface area contributed by atoms with Gasteiger partial charge in [-0.25, -0.2) is 0 Å². The number of allylic oxidation sites excluding steroid dienone is 1. The van der Waals surface area contributed by atoms with Crippen LogP contribution in [-0.4, -0.2) is 28.8 Å². The molecule has 1 heterocycles. The lowest BCUT2D eigenvalue weighted by molar-refractivity contribution is 0.565. The Bertz CT molecular complexity index is 354. The first-order valence-electron chi connectivity index (χ1n) is 3.92. The van der Waals surface area contributed by atoms with Gasteiger partial charge in [-0.15, -0.1) is 0 Å². The lowest BCUT2D eigenvalue weighted by atomic mass is 10.2. The molecule has 1 rings (SSSR count). The molecule has 13 heavy (non-hydrogen) atoms. The van der Waals surface area contributed by atoms with Crippen molar-refractivity contribution in [3.8, 4) is 6.07 Å². The van der Waals surface area contributed by atoms with Crippen LogP contribution in [0.15, 0.2) is 18.5 Å². The molecule has 1 aromatic heterocycles. The van der Waals surface area contributed by atoms with Crippen LogP contribution in [0.3, 0.4) is 0 Å². The van der Waals surface area contributed by atoms with Crippen LogP contribution in [0.2, 0.25) is 0 Å². The summed E-state index contributed by atoms with van der Waals surface area (Å²) in [5.41, 5.74) is 1.45. The summed E-state index contributed by atoms with van der Waals surface area (Å²) < 4.78 is 1.68. The third-order valence-corrected chi connectivity index (χ3v) is 1.60. The van der Waals surface area contributed by atoms with E-state index in [2.05, 4.69) is 11.2 Å². The van der Waals surface area contributed by atoms with E-state index in [9.17, 15) is 0 Å². The zero-order chi connectivity index (χ0) is 9.84. The van der Waals surface area contributed by atoms with Crippen LogP contribution in [0.1, 0.15) is 5.69 Å². The minimum atomic E-state index is 0.616. The lowest BCUT2D eigenvalue weighted by Crippen LogP contribution is -2.04. The number of rotatable bonds is 2. The van der Waals surface area contributed by atoms with Crippen molar-refractivity contribution in [3.63, 3.8) is 0 Å². The normalized spacial score (nSPS) is 11.1. The summed E-state index contributed by atoms with van der Waals surface area (Å²) in [5, 5.41) is 12.9. The Balaban J connectivity index is 3.07. The third-order valence-electron chi connectivity index (χ3n) is 1.60. The van der Waals surface area contributed by atoms with Crippen molar-refractivity contribution >= 4 is 5.57 Å². The Morgan fingerprint density at radius 1 is 1.69 bits per heavy atom. The van der Waals surface area contributed by atoms with E-state index in [0.717, 1.165) is 5.69 Å². The third kappa shape index (κ3) is 2.09. The highest BCUT2D eigenvalue weighted by Crippen LogP contribution is 2.11. The van der Waals surface area contributed by atoms with Gasteiger partial charge in [-0.1, -0.05) is 0 Å². The van der Waals surface area contributed by atoms with Gasteiger partial charge >= 0.3 is 0 Å². The largest absolute Gasteiger partial charge is 0.382 e. The summed E-state index contributed by atoms with van der Waals surface area (Å²) >= 11 is 0. The highest BCUT2D eigenvalue weighted by Gasteiger charge is 2.04. The molecule has 0 spiro atoms. The summed E-state index contributed by atoms with van der Waals surface area (Å²) in [5.74, 6) is 0. The Morgan fingerprint density at radius 3 is 2.77 bits per heavy atom. The summed E-state index contributed by atoms with van der Waals surface area (Å²) in [6, 6.07) is 3.95. The molecule has 0 aromatic carbocycles. The zero-order valence-electron chi connectivity index (χ0n) is 8.02. The molecular formula is C9H12N4. The SMILES string of the molecule is CN(C)/C=C(/C#N)c1ccnn1C. The van der Waals surface area contributed by atoms with Crippen LogP contribution in [0.25, 0.3) is 5.57 Å². The van der Waals surface area contributed by atoms with Gasteiger partial charge in [0.2, 0.25) is 0 Å². The van der Waals surface area contributed by atoms with E-state index in [4.69, 9.17) is 5.26 Å². The number of nitriles is 1. The van der Waals surface area contributed by atoms with Gasteiger partial charge < -0.3 is 4.90 Å². The Hall–Kier alpha value is -1.76. The van der Waals surface area contributed by atoms with Crippen molar-refractivity contribution < 1.29 is 0 Å². The molecule has 0 saturated heterocycles. The van der Waals surface area contributed by atoms with Crippen LogP contribution in [0, 0.1) is 11.3 Å². The maximum atomic E-state index is 8.89. The van der Waals surface area contributed by atoms with Crippen molar-refractivity contribution in [2.75, 3.05) is 14.1 Å². The fraction of sp³-hybridized carbons (Fsp3) is 0.333. The molecule has 0 aliphatic heterocycles. The minimum Gasteiger partial charge on any atom is -0.382 e. The van der Waals surface area contributed by atoms with E-state index in [1.54, 1.807) is 17.1 Å². The Morgan fingerprint density at radius 2 is 2.38 bits per heavy atom. The van der Waals surface area contributed by atoms with Gasteiger partial charge in [-0.05, 0) is 6.07 Å². The van der Waals surface area contributed by atoms with Crippen LogP contribution in [0.4, 0.5) is 0 Å². The van der Waals surface area contributed by atoms with E-state index < -0.39 is 0 Å². The maximum Gasteiger partial charge on any atom is 0.103 e. The van der Waals surface area contributed by atoms with E-state index >= 15 is 0 Å². The molecule has 0 saturated carbocycles. The second-order valence-corrected chi connectivity index (χ2v) is 2.96. The zero-order valence-corrected chi connectivity index (χ0v) is 8.02. The summed E-state index contributed by atoms with van der Waals surface area (Å²) in [6.45, 7) is 0. The van der Waals surface area contributed by atoms with Crippen LogP contribution in [0.5, 0.6) is 0 Å². The molecular weight excluding hydrogens is 164 g/mol. The van der Waals surface area contributed by atoms with Crippen molar-refractivity contribution in [1.29, 1.82) is 5.26 Å². The van der Waals surface area contributed by atoms with E-state index in [1.165, 1.54) is 0 Å². The van der Waals surface area contributed by atoms with Crippen molar-refractivity contribution in [1.82, 2.24) is 14.7 Å². The van der Waals surface area contributed by atoms with Crippen molar-refractivity contribution in [2.24, 2.45) is 7.05 Å². The molecule has 1 aromatic rings. The second-order valence-electron chi connectivity index (χ2n) is 2.96. The van der Waals surface area contributed by atoms with Crippen LogP contribution < -0.4 is 0 Å². The Labute approximate surface area is 77.7 Å². The summed E-state index contributed by atoms with van der Waals surface area (Å²) in [6.07, 6.45) is 3.45. The molecule has 0 atom stereocenters. The standard InChI is InChI=1S/C9H12N4/c1-12(2)7-8(6-10)9-4-5-11-13(9)3/h4-5,7H,1-3H3/b8-7-. The quantitative estimate of drug-likeness (QED) is 0.627. The minimum absolute atomic E-state index is 0.616. The van der Waals surface area contributed by atoms with Gasteiger partial charge in [0.15, 0.2) is 0 Å². The lowest BCUT2D eigenvalue weighted by Gasteiger charge is -2.06. The highest BCUT2D eigenvalue weighted by molar-refractivity contribution is 5.74. The Kier molecular flexibility index (Phi) is 2.70.